The lowest BCUT2D eigenvalue weighted by molar-refractivity contribution is 0.403. The Balaban J connectivity index is 2.06. The Labute approximate surface area is 124 Å². The van der Waals surface area contributed by atoms with Crippen LogP contribution < -0.4 is 5.63 Å². The summed E-state index contributed by atoms with van der Waals surface area (Å²) < 4.78 is 5.39. The molecule has 1 heterocycles. The Morgan fingerprint density at radius 3 is 2.57 bits per heavy atom. The highest BCUT2D eigenvalue weighted by Gasteiger charge is 2.37. The topological polar surface area (TPSA) is 50.4 Å². The van der Waals surface area contributed by atoms with Crippen molar-refractivity contribution in [1.82, 2.24) is 0 Å². The first-order valence-electron chi connectivity index (χ1n) is 7.61. The molecule has 21 heavy (non-hydrogen) atoms. The van der Waals surface area contributed by atoms with Gasteiger partial charge in [0, 0.05) is 18.4 Å². The van der Waals surface area contributed by atoms with Crippen molar-refractivity contribution in [3.8, 4) is 5.75 Å². The third-order valence-electron chi connectivity index (χ3n) is 4.08. The molecule has 1 aliphatic rings. The molecule has 0 bridgehead atoms. The number of hydrogen-bond donors (Lipinski definition) is 1. The van der Waals surface area contributed by atoms with Gasteiger partial charge in [-0.3, -0.25) is 0 Å². The Morgan fingerprint density at radius 2 is 2.00 bits per heavy atom. The van der Waals surface area contributed by atoms with Crippen molar-refractivity contribution in [3.63, 3.8) is 0 Å². The van der Waals surface area contributed by atoms with Gasteiger partial charge in [0.05, 0.1) is 5.56 Å². The summed E-state index contributed by atoms with van der Waals surface area (Å²) in [5, 5.41) is 10.3. The predicted molar refractivity (Wildman–Crippen MR) is 81.6 cm³/mol. The minimum atomic E-state index is -0.390. The van der Waals surface area contributed by atoms with Crippen LogP contribution in [-0.4, -0.2) is 5.11 Å². The lowest BCUT2D eigenvalue weighted by Gasteiger charge is -2.17. The van der Waals surface area contributed by atoms with E-state index in [0.717, 1.165) is 24.8 Å². The van der Waals surface area contributed by atoms with Crippen molar-refractivity contribution in [2.45, 2.75) is 38.5 Å². The largest absolute Gasteiger partial charge is 0.507 e. The molecule has 1 unspecified atom stereocenters. The van der Waals surface area contributed by atoms with Gasteiger partial charge >= 0.3 is 5.63 Å². The van der Waals surface area contributed by atoms with Crippen LogP contribution in [0.2, 0.25) is 0 Å². The summed E-state index contributed by atoms with van der Waals surface area (Å²) in [6, 6.07) is 11.5. The van der Waals surface area contributed by atoms with Crippen LogP contribution in [0, 0.1) is 5.92 Å². The van der Waals surface area contributed by atoms with Crippen LogP contribution in [0.3, 0.4) is 0 Å². The van der Waals surface area contributed by atoms with Gasteiger partial charge in [0.25, 0.3) is 0 Å². The van der Waals surface area contributed by atoms with Gasteiger partial charge in [0.15, 0.2) is 0 Å². The molecular weight excluding hydrogens is 264 g/mol. The average Bonchev–Trinajstić information content (AvgIpc) is 3.28. The van der Waals surface area contributed by atoms with E-state index in [2.05, 4.69) is 0 Å². The lowest BCUT2D eigenvalue weighted by Crippen LogP contribution is -2.16. The summed E-state index contributed by atoms with van der Waals surface area (Å²) in [5.74, 6) is 1.01. The molecule has 1 saturated carbocycles. The predicted octanol–water partition coefficient (Wildman–Crippen LogP) is 3.84. The van der Waals surface area contributed by atoms with Crippen LogP contribution >= 0.6 is 0 Å². The first-order chi connectivity index (χ1) is 10.2. The van der Waals surface area contributed by atoms with Crippen molar-refractivity contribution in [1.29, 1.82) is 0 Å². The van der Waals surface area contributed by atoms with Gasteiger partial charge < -0.3 is 9.52 Å². The molecule has 0 amide bonds. The standard InChI is InChI=1S/C18H20O3/c1-2-6-14-11-15(19)17(18(20)21-14)16(13-9-10-13)12-7-4-3-5-8-12/h3-5,7-8,11,13,16,19H,2,6,9-10H2,1H3. The number of aryl methyl sites for hydroxylation is 1. The smallest absolute Gasteiger partial charge is 0.343 e. The number of aromatic hydroxyl groups is 1. The summed E-state index contributed by atoms with van der Waals surface area (Å²) in [5.41, 5.74) is 1.11. The second-order valence-electron chi connectivity index (χ2n) is 5.77. The molecule has 1 N–H and O–H groups in total. The molecule has 1 aromatic heterocycles. The van der Waals surface area contributed by atoms with Crippen molar-refractivity contribution in [2.75, 3.05) is 0 Å². The van der Waals surface area contributed by atoms with E-state index in [9.17, 15) is 9.90 Å². The zero-order valence-electron chi connectivity index (χ0n) is 12.2. The van der Waals surface area contributed by atoms with Crippen LogP contribution in [0.4, 0.5) is 0 Å². The van der Waals surface area contributed by atoms with E-state index in [4.69, 9.17) is 4.42 Å². The summed E-state index contributed by atoms with van der Waals surface area (Å²) >= 11 is 0. The molecule has 0 spiro atoms. The van der Waals surface area contributed by atoms with Crippen LogP contribution in [0.25, 0.3) is 0 Å². The fourth-order valence-corrected chi connectivity index (χ4v) is 2.96. The van der Waals surface area contributed by atoms with E-state index in [1.807, 2.05) is 37.3 Å². The Kier molecular flexibility index (Phi) is 3.82. The van der Waals surface area contributed by atoms with E-state index < -0.39 is 0 Å². The van der Waals surface area contributed by atoms with Crippen molar-refractivity contribution in [3.05, 3.63) is 63.7 Å². The van der Waals surface area contributed by atoms with E-state index in [1.54, 1.807) is 6.07 Å². The van der Waals surface area contributed by atoms with Crippen molar-refractivity contribution in [2.24, 2.45) is 5.92 Å². The second-order valence-corrected chi connectivity index (χ2v) is 5.77. The van der Waals surface area contributed by atoms with Crippen LogP contribution in [0.1, 0.15) is 49.0 Å². The van der Waals surface area contributed by atoms with Crippen LogP contribution in [0.15, 0.2) is 45.6 Å². The van der Waals surface area contributed by atoms with Crippen molar-refractivity contribution >= 4 is 0 Å². The number of benzene rings is 1. The van der Waals surface area contributed by atoms with Gasteiger partial charge in [-0.2, -0.15) is 0 Å². The maximum atomic E-state index is 12.4. The molecule has 0 saturated heterocycles. The molecule has 0 radical (unpaired) electrons. The summed E-state index contributed by atoms with van der Waals surface area (Å²) in [7, 11) is 0. The minimum Gasteiger partial charge on any atom is -0.507 e. The zero-order chi connectivity index (χ0) is 14.8. The SMILES string of the molecule is CCCc1cc(O)c(C(c2ccccc2)C2CC2)c(=O)o1. The monoisotopic (exact) mass is 284 g/mol. The molecular formula is C18H20O3. The molecule has 1 atom stereocenters. The number of rotatable bonds is 5. The Morgan fingerprint density at radius 1 is 1.29 bits per heavy atom. The first-order valence-corrected chi connectivity index (χ1v) is 7.61. The van der Waals surface area contributed by atoms with Crippen LogP contribution in [-0.2, 0) is 6.42 Å². The lowest BCUT2D eigenvalue weighted by atomic mass is 9.87. The Hall–Kier alpha value is -2.03. The van der Waals surface area contributed by atoms with E-state index in [-0.39, 0.29) is 17.3 Å². The summed E-state index contributed by atoms with van der Waals surface area (Å²) in [4.78, 5) is 12.4. The first kappa shape index (κ1) is 13.9. The maximum absolute atomic E-state index is 12.4. The van der Waals surface area contributed by atoms with Crippen LogP contribution in [0.5, 0.6) is 5.75 Å². The van der Waals surface area contributed by atoms with Gasteiger partial charge in [-0.1, -0.05) is 37.3 Å². The maximum Gasteiger partial charge on any atom is 0.343 e. The van der Waals surface area contributed by atoms with E-state index in [0.29, 0.717) is 23.7 Å². The van der Waals surface area contributed by atoms with E-state index >= 15 is 0 Å². The van der Waals surface area contributed by atoms with Gasteiger partial charge in [-0.05, 0) is 30.7 Å². The fourth-order valence-electron chi connectivity index (χ4n) is 2.96. The molecule has 3 heteroatoms. The van der Waals surface area contributed by atoms with E-state index in [1.165, 1.54) is 0 Å². The zero-order valence-corrected chi connectivity index (χ0v) is 12.2. The molecule has 3 nitrogen and oxygen atoms in total. The highest BCUT2D eigenvalue weighted by molar-refractivity contribution is 5.41. The van der Waals surface area contributed by atoms with Crippen molar-refractivity contribution < 1.29 is 9.52 Å². The van der Waals surface area contributed by atoms with Gasteiger partial charge in [0.1, 0.15) is 11.5 Å². The highest BCUT2D eigenvalue weighted by Crippen LogP contribution is 2.47. The summed E-state index contributed by atoms with van der Waals surface area (Å²) in [6.07, 6.45) is 3.74. The molecule has 110 valence electrons. The second kappa shape index (κ2) is 5.76. The van der Waals surface area contributed by atoms with Gasteiger partial charge in [-0.15, -0.1) is 0 Å². The Bertz CT molecular complexity index is 669. The molecule has 0 aliphatic heterocycles. The summed E-state index contributed by atoms with van der Waals surface area (Å²) in [6.45, 7) is 2.02. The number of hydrogen-bond acceptors (Lipinski definition) is 3. The molecule has 2 aromatic rings. The minimum absolute atomic E-state index is 0.0573. The normalized spacial score (nSPS) is 15.9. The third kappa shape index (κ3) is 2.87. The third-order valence-corrected chi connectivity index (χ3v) is 4.08. The fraction of sp³-hybridized carbons (Fsp3) is 0.389. The van der Waals surface area contributed by atoms with Gasteiger partial charge in [-0.25, -0.2) is 4.79 Å². The molecule has 1 fully saturated rings. The average molecular weight is 284 g/mol. The highest BCUT2D eigenvalue weighted by atomic mass is 16.4. The molecule has 1 aromatic carbocycles. The quantitative estimate of drug-likeness (QED) is 0.907. The van der Waals surface area contributed by atoms with Gasteiger partial charge in [0.2, 0.25) is 0 Å². The molecule has 1 aliphatic carbocycles. The molecule has 3 rings (SSSR count).